The summed E-state index contributed by atoms with van der Waals surface area (Å²) in [7, 11) is 0. The number of aromatic nitrogens is 1. The Morgan fingerprint density at radius 1 is 1.03 bits per heavy atom. The SMILES string of the molecule is Cc1cc(C)cc(Cn2ccc(CN3CCN(C(=O)OC(C)(C)C)CC3)c(O)c2=O)c1. The molecule has 2 heterocycles. The molecular formula is C24H33N3O4. The molecule has 1 aromatic heterocycles. The monoisotopic (exact) mass is 427 g/mol. The maximum Gasteiger partial charge on any atom is 0.410 e. The molecule has 1 saturated heterocycles. The summed E-state index contributed by atoms with van der Waals surface area (Å²) in [5.41, 5.74) is 3.03. The minimum Gasteiger partial charge on any atom is -0.503 e. The van der Waals surface area contributed by atoms with Crippen LogP contribution in [0.1, 0.15) is 43.0 Å². The molecule has 1 N–H and O–H groups in total. The van der Waals surface area contributed by atoms with Crippen molar-refractivity contribution in [2.75, 3.05) is 26.2 Å². The van der Waals surface area contributed by atoms with Crippen molar-refractivity contribution in [1.29, 1.82) is 0 Å². The normalized spacial score (nSPS) is 15.2. The predicted molar refractivity (Wildman–Crippen MR) is 120 cm³/mol. The minimum absolute atomic E-state index is 0.207. The molecule has 0 spiro atoms. The largest absolute Gasteiger partial charge is 0.503 e. The zero-order valence-electron chi connectivity index (χ0n) is 19.1. The van der Waals surface area contributed by atoms with Gasteiger partial charge in [-0.25, -0.2) is 4.79 Å². The average molecular weight is 428 g/mol. The van der Waals surface area contributed by atoms with E-state index in [0.29, 0.717) is 44.8 Å². The smallest absolute Gasteiger partial charge is 0.410 e. The van der Waals surface area contributed by atoms with Gasteiger partial charge >= 0.3 is 6.09 Å². The average Bonchev–Trinajstić information content (AvgIpc) is 2.66. The van der Waals surface area contributed by atoms with E-state index >= 15 is 0 Å². The van der Waals surface area contributed by atoms with Gasteiger partial charge in [-0.15, -0.1) is 0 Å². The molecule has 1 aromatic carbocycles. The maximum atomic E-state index is 12.7. The Hall–Kier alpha value is -2.80. The Balaban J connectivity index is 1.62. The Labute approximate surface area is 183 Å². The lowest BCUT2D eigenvalue weighted by Crippen LogP contribution is -2.49. The number of rotatable bonds is 4. The number of nitrogens with zero attached hydrogens (tertiary/aromatic N) is 3. The van der Waals surface area contributed by atoms with E-state index in [4.69, 9.17) is 4.74 Å². The van der Waals surface area contributed by atoms with Gasteiger partial charge in [0.1, 0.15) is 5.60 Å². The van der Waals surface area contributed by atoms with Crippen molar-refractivity contribution >= 4 is 6.09 Å². The van der Waals surface area contributed by atoms with Gasteiger partial charge in [-0.3, -0.25) is 9.69 Å². The number of amides is 1. The van der Waals surface area contributed by atoms with Crippen molar-refractivity contribution in [3.63, 3.8) is 0 Å². The Morgan fingerprint density at radius 2 is 1.65 bits per heavy atom. The number of aryl methyl sites for hydroxylation is 2. The number of hydrogen-bond donors (Lipinski definition) is 1. The zero-order valence-corrected chi connectivity index (χ0v) is 19.1. The zero-order chi connectivity index (χ0) is 22.8. The number of pyridine rings is 1. The van der Waals surface area contributed by atoms with E-state index in [9.17, 15) is 14.7 Å². The first kappa shape index (κ1) is 22.9. The molecule has 1 fully saturated rings. The minimum atomic E-state index is -0.513. The van der Waals surface area contributed by atoms with E-state index in [2.05, 4.69) is 23.1 Å². The molecule has 168 valence electrons. The van der Waals surface area contributed by atoms with Crippen LogP contribution in [0.25, 0.3) is 0 Å². The van der Waals surface area contributed by atoms with Crippen LogP contribution in [0.4, 0.5) is 4.79 Å². The number of hydrogen-bond acceptors (Lipinski definition) is 5. The van der Waals surface area contributed by atoms with E-state index in [0.717, 1.165) is 16.7 Å². The van der Waals surface area contributed by atoms with Crippen molar-refractivity contribution < 1.29 is 14.6 Å². The van der Waals surface area contributed by atoms with Gasteiger partial charge < -0.3 is 19.3 Å². The van der Waals surface area contributed by atoms with Gasteiger partial charge in [-0.05, 0) is 46.2 Å². The summed E-state index contributed by atoms with van der Waals surface area (Å²) < 4.78 is 6.96. The molecule has 0 aliphatic carbocycles. The van der Waals surface area contributed by atoms with Crippen molar-refractivity contribution in [3.8, 4) is 5.75 Å². The lowest BCUT2D eigenvalue weighted by atomic mass is 10.1. The summed E-state index contributed by atoms with van der Waals surface area (Å²) in [4.78, 5) is 28.7. The molecule has 7 nitrogen and oxygen atoms in total. The number of benzene rings is 1. The first-order chi connectivity index (χ1) is 14.5. The van der Waals surface area contributed by atoms with E-state index in [1.54, 1.807) is 17.2 Å². The van der Waals surface area contributed by atoms with Crippen LogP contribution in [0.5, 0.6) is 5.75 Å². The highest BCUT2D eigenvalue weighted by Gasteiger charge is 2.26. The van der Waals surface area contributed by atoms with E-state index in [-0.39, 0.29) is 17.4 Å². The van der Waals surface area contributed by atoms with Crippen LogP contribution in [0.2, 0.25) is 0 Å². The van der Waals surface area contributed by atoms with Gasteiger partial charge in [0.2, 0.25) is 0 Å². The summed E-state index contributed by atoms with van der Waals surface area (Å²) >= 11 is 0. The summed E-state index contributed by atoms with van der Waals surface area (Å²) in [6.45, 7) is 12.9. The molecular weight excluding hydrogens is 394 g/mol. The second-order valence-corrected chi connectivity index (χ2v) is 9.36. The molecule has 1 aliphatic rings. The topological polar surface area (TPSA) is 75.0 Å². The number of ether oxygens (including phenoxy) is 1. The molecule has 2 aromatic rings. The van der Waals surface area contributed by atoms with Gasteiger partial charge in [0, 0.05) is 44.5 Å². The van der Waals surface area contributed by atoms with E-state index in [1.807, 2.05) is 34.6 Å². The van der Waals surface area contributed by atoms with E-state index in [1.165, 1.54) is 4.57 Å². The third-order valence-corrected chi connectivity index (χ3v) is 5.28. The fourth-order valence-electron chi connectivity index (χ4n) is 3.86. The van der Waals surface area contributed by atoms with E-state index < -0.39 is 5.60 Å². The van der Waals surface area contributed by atoms with Gasteiger partial charge in [-0.1, -0.05) is 29.3 Å². The van der Waals surface area contributed by atoms with Crippen LogP contribution < -0.4 is 5.56 Å². The van der Waals surface area contributed by atoms with Crippen LogP contribution in [0.3, 0.4) is 0 Å². The molecule has 0 saturated carbocycles. The fraction of sp³-hybridized carbons (Fsp3) is 0.500. The third kappa shape index (κ3) is 6.10. The number of piperazine rings is 1. The summed E-state index contributed by atoms with van der Waals surface area (Å²) in [6, 6.07) is 8.00. The van der Waals surface area contributed by atoms with Crippen LogP contribution in [-0.4, -0.2) is 57.3 Å². The van der Waals surface area contributed by atoms with Crippen LogP contribution >= 0.6 is 0 Å². The van der Waals surface area contributed by atoms with Crippen molar-refractivity contribution in [2.45, 2.75) is 53.3 Å². The number of carbonyl (C=O) groups excluding carboxylic acids is 1. The Kier molecular flexibility index (Phi) is 6.74. The highest BCUT2D eigenvalue weighted by Crippen LogP contribution is 2.18. The lowest BCUT2D eigenvalue weighted by molar-refractivity contribution is 0.0138. The second-order valence-electron chi connectivity index (χ2n) is 9.36. The predicted octanol–water partition coefficient (Wildman–Crippen LogP) is 3.27. The molecule has 1 amide bonds. The molecule has 0 bridgehead atoms. The second kappa shape index (κ2) is 9.14. The summed E-state index contributed by atoms with van der Waals surface area (Å²) in [5, 5.41) is 10.5. The van der Waals surface area contributed by atoms with Crippen molar-refractivity contribution in [2.24, 2.45) is 0 Å². The summed E-state index contributed by atoms with van der Waals surface area (Å²) in [6.07, 6.45) is 1.44. The van der Waals surface area contributed by atoms with Gasteiger partial charge in [-0.2, -0.15) is 0 Å². The molecule has 3 rings (SSSR count). The molecule has 7 heteroatoms. The Bertz CT molecular complexity index is 979. The standard InChI is InChI=1S/C24H33N3O4/c1-17-12-18(2)14-19(13-17)15-27-7-6-20(21(28)22(27)29)16-25-8-10-26(11-9-25)23(30)31-24(3,4)5/h6-7,12-14,28H,8-11,15-16H2,1-5H3. The van der Waals surface area contributed by atoms with Crippen molar-refractivity contribution in [1.82, 2.24) is 14.4 Å². The number of carbonyl (C=O) groups is 1. The van der Waals surface area contributed by atoms with Crippen molar-refractivity contribution in [3.05, 3.63) is 63.1 Å². The molecule has 0 unspecified atom stereocenters. The Morgan fingerprint density at radius 3 is 2.23 bits per heavy atom. The van der Waals surface area contributed by atoms with Gasteiger partial charge in [0.15, 0.2) is 5.75 Å². The fourth-order valence-corrected chi connectivity index (χ4v) is 3.86. The maximum absolute atomic E-state index is 12.7. The van der Waals surface area contributed by atoms with Gasteiger partial charge in [0.25, 0.3) is 5.56 Å². The first-order valence-corrected chi connectivity index (χ1v) is 10.7. The highest BCUT2D eigenvalue weighted by atomic mass is 16.6. The lowest BCUT2D eigenvalue weighted by Gasteiger charge is -2.35. The van der Waals surface area contributed by atoms with Crippen LogP contribution in [0.15, 0.2) is 35.3 Å². The molecule has 1 aliphatic heterocycles. The van der Waals surface area contributed by atoms with Crippen LogP contribution in [0, 0.1) is 13.8 Å². The first-order valence-electron chi connectivity index (χ1n) is 10.7. The van der Waals surface area contributed by atoms with Gasteiger partial charge in [0.05, 0.1) is 6.54 Å². The molecule has 0 atom stereocenters. The molecule has 31 heavy (non-hydrogen) atoms. The molecule has 0 radical (unpaired) electrons. The number of aromatic hydroxyl groups is 1. The quantitative estimate of drug-likeness (QED) is 0.811. The summed E-state index contributed by atoms with van der Waals surface area (Å²) in [5.74, 6) is -0.207. The highest BCUT2D eigenvalue weighted by molar-refractivity contribution is 5.68. The van der Waals surface area contributed by atoms with Crippen LogP contribution in [-0.2, 0) is 17.8 Å². The third-order valence-electron chi connectivity index (χ3n) is 5.28.